The third-order valence-electron chi connectivity index (χ3n) is 5.95. The molecule has 0 atom stereocenters. The van der Waals surface area contributed by atoms with Gasteiger partial charge in [-0.2, -0.15) is 0 Å². The van der Waals surface area contributed by atoms with Crippen molar-refractivity contribution in [2.24, 2.45) is 0 Å². The fourth-order valence-electron chi connectivity index (χ4n) is 4.16. The number of fused-ring (bicyclic) bond motifs is 1. The predicted octanol–water partition coefficient (Wildman–Crippen LogP) is 4.49. The van der Waals surface area contributed by atoms with Gasteiger partial charge in [0.05, 0.1) is 11.2 Å². The van der Waals surface area contributed by atoms with Gasteiger partial charge >= 0.3 is 6.36 Å². The summed E-state index contributed by atoms with van der Waals surface area (Å²) in [6.45, 7) is 2.46. The van der Waals surface area contributed by atoms with Crippen LogP contribution < -0.4 is 9.47 Å². The summed E-state index contributed by atoms with van der Waals surface area (Å²) in [5.41, 5.74) is 2.10. The molecule has 1 aliphatic heterocycles. The molecule has 0 N–H and O–H groups in total. The van der Waals surface area contributed by atoms with Crippen LogP contribution in [0.25, 0.3) is 10.9 Å². The molecule has 1 saturated heterocycles. The molecule has 10 heteroatoms. The van der Waals surface area contributed by atoms with E-state index in [1.165, 1.54) is 12.1 Å². The van der Waals surface area contributed by atoms with Gasteiger partial charge in [-0.1, -0.05) is 0 Å². The number of aromatic nitrogens is 2. The topological polar surface area (TPSA) is 67.8 Å². The first-order valence-corrected chi connectivity index (χ1v) is 11.4. The first-order valence-electron chi connectivity index (χ1n) is 11.4. The van der Waals surface area contributed by atoms with Gasteiger partial charge in [-0.15, -0.1) is 13.2 Å². The molecule has 0 aliphatic carbocycles. The molecule has 2 aromatic carbocycles. The van der Waals surface area contributed by atoms with E-state index in [2.05, 4.69) is 19.6 Å². The van der Waals surface area contributed by atoms with E-state index in [1.807, 2.05) is 32.3 Å². The van der Waals surface area contributed by atoms with E-state index in [0.717, 1.165) is 53.9 Å². The Hall–Kier alpha value is -3.40. The second-order valence-electron chi connectivity index (χ2n) is 8.73. The summed E-state index contributed by atoms with van der Waals surface area (Å²) in [6.07, 6.45) is -1.75. The molecule has 2 heterocycles. The minimum Gasteiger partial charge on any atom is -0.492 e. The molecular formula is C25H27F3N4O3. The average Bonchev–Trinajstić information content (AvgIpc) is 2.82. The highest BCUT2D eigenvalue weighted by molar-refractivity contribution is 5.94. The molecule has 0 bridgehead atoms. The highest BCUT2D eigenvalue weighted by Crippen LogP contribution is 2.33. The Morgan fingerprint density at radius 1 is 1.06 bits per heavy atom. The van der Waals surface area contributed by atoms with Crippen LogP contribution in [0.5, 0.6) is 11.5 Å². The molecule has 7 nitrogen and oxygen atoms in total. The zero-order chi connectivity index (χ0) is 25.0. The maximum Gasteiger partial charge on any atom is 0.573 e. The van der Waals surface area contributed by atoms with Crippen LogP contribution in [0, 0.1) is 0 Å². The molecule has 1 amide bonds. The Balaban J connectivity index is 1.39. The molecule has 0 unspecified atom stereocenters. The lowest BCUT2D eigenvalue weighted by molar-refractivity contribution is -0.274. The van der Waals surface area contributed by atoms with Gasteiger partial charge in [-0.05, 0) is 63.3 Å². The fourth-order valence-corrected chi connectivity index (χ4v) is 4.16. The van der Waals surface area contributed by atoms with Crippen LogP contribution >= 0.6 is 0 Å². The number of carbonyl (C=O) groups excluding carboxylic acids is 1. The fraction of sp³-hybridized carbons (Fsp3) is 0.400. The number of rotatable bonds is 7. The second kappa shape index (κ2) is 10.5. The third-order valence-corrected chi connectivity index (χ3v) is 5.95. The van der Waals surface area contributed by atoms with E-state index >= 15 is 0 Å². The van der Waals surface area contributed by atoms with E-state index in [1.54, 1.807) is 11.2 Å². The van der Waals surface area contributed by atoms with Crippen molar-refractivity contribution < 1.29 is 27.4 Å². The molecule has 1 aromatic heterocycles. The van der Waals surface area contributed by atoms with Gasteiger partial charge in [0.2, 0.25) is 0 Å². The Labute approximate surface area is 201 Å². The number of ether oxygens (including phenoxy) is 2. The number of benzene rings is 2. The molecular weight excluding hydrogens is 461 g/mol. The first kappa shape index (κ1) is 24.7. The maximum atomic E-state index is 12.8. The Kier molecular flexibility index (Phi) is 7.39. The van der Waals surface area contributed by atoms with Gasteiger partial charge in [-0.3, -0.25) is 4.79 Å². The number of alkyl halides is 3. The Bertz CT molecular complexity index is 1160. The van der Waals surface area contributed by atoms with Crippen LogP contribution in [-0.4, -0.2) is 72.4 Å². The highest BCUT2D eigenvalue weighted by atomic mass is 19.4. The number of piperidine rings is 1. The minimum atomic E-state index is -4.76. The van der Waals surface area contributed by atoms with Gasteiger partial charge in [0.15, 0.2) is 0 Å². The van der Waals surface area contributed by atoms with E-state index in [0.29, 0.717) is 25.3 Å². The SMILES string of the molecule is CN(C)CCOc1ccc2c(C3CCN(C(=O)c4ccc(OC(F)(F)F)cc4)CC3)ncnc2c1. The van der Waals surface area contributed by atoms with E-state index in [4.69, 9.17) is 4.74 Å². The van der Waals surface area contributed by atoms with Crippen LogP contribution in [0.15, 0.2) is 48.8 Å². The van der Waals surface area contributed by atoms with Crippen molar-refractivity contribution in [2.75, 3.05) is 40.3 Å². The number of halogens is 3. The van der Waals surface area contributed by atoms with Gasteiger partial charge in [0, 0.05) is 42.6 Å². The molecule has 1 aliphatic rings. The summed E-state index contributed by atoms with van der Waals surface area (Å²) in [5.74, 6) is 0.368. The number of likely N-dealkylation sites (N-methyl/N-ethyl adjacent to an activating group) is 1. The van der Waals surface area contributed by atoms with Crippen LogP contribution in [0.2, 0.25) is 0 Å². The molecule has 4 rings (SSSR count). The Morgan fingerprint density at radius 3 is 2.40 bits per heavy atom. The number of hydrogen-bond donors (Lipinski definition) is 0. The van der Waals surface area contributed by atoms with E-state index in [-0.39, 0.29) is 17.6 Å². The minimum absolute atomic E-state index is 0.174. The van der Waals surface area contributed by atoms with Crippen molar-refractivity contribution in [3.8, 4) is 11.5 Å². The van der Waals surface area contributed by atoms with Crippen LogP contribution in [-0.2, 0) is 0 Å². The average molecular weight is 489 g/mol. The highest BCUT2D eigenvalue weighted by Gasteiger charge is 2.31. The van der Waals surface area contributed by atoms with Gasteiger partial charge in [-0.25, -0.2) is 9.97 Å². The monoisotopic (exact) mass is 488 g/mol. The molecule has 0 saturated carbocycles. The standard InChI is InChI=1S/C25H27F3N4O3/c1-31(2)13-14-34-20-7-8-21-22(15-20)29-16-30-23(21)17-9-11-32(12-10-17)24(33)18-3-5-19(6-4-18)35-25(26,27)28/h3-8,15-17H,9-14H2,1-2H3. The number of amides is 1. The molecule has 3 aromatic rings. The largest absolute Gasteiger partial charge is 0.573 e. The van der Waals surface area contributed by atoms with E-state index < -0.39 is 6.36 Å². The summed E-state index contributed by atoms with van der Waals surface area (Å²) < 4.78 is 46.7. The van der Waals surface area contributed by atoms with Crippen molar-refractivity contribution in [1.82, 2.24) is 19.8 Å². The number of hydrogen-bond acceptors (Lipinski definition) is 6. The summed E-state index contributed by atoms with van der Waals surface area (Å²) in [7, 11) is 3.98. The van der Waals surface area contributed by atoms with Crippen LogP contribution in [0.3, 0.4) is 0 Å². The van der Waals surface area contributed by atoms with Crippen molar-refractivity contribution in [3.05, 3.63) is 60.0 Å². The lowest BCUT2D eigenvalue weighted by Crippen LogP contribution is -2.38. The Morgan fingerprint density at radius 2 is 1.74 bits per heavy atom. The summed E-state index contributed by atoms with van der Waals surface area (Å²) in [4.78, 5) is 25.6. The second-order valence-corrected chi connectivity index (χ2v) is 8.73. The van der Waals surface area contributed by atoms with Crippen molar-refractivity contribution in [3.63, 3.8) is 0 Å². The van der Waals surface area contributed by atoms with Gasteiger partial charge < -0.3 is 19.3 Å². The molecule has 0 spiro atoms. The maximum absolute atomic E-state index is 12.8. The van der Waals surface area contributed by atoms with Crippen molar-refractivity contribution in [1.29, 1.82) is 0 Å². The smallest absolute Gasteiger partial charge is 0.492 e. The van der Waals surface area contributed by atoms with Crippen molar-refractivity contribution in [2.45, 2.75) is 25.1 Å². The first-order chi connectivity index (χ1) is 16.7. The zero-order valence-electron chi connectivity index (χ0n) is 19.6. The molecule has 0 radical (unpaired) electrons. The van der Waals surface area contributed by atoms with Crippen LogP contribution in [0.1, 0.15) is 34.8 Å². The predicted molar refractivity (Wildman–Crippen MR) is 125 cm³/mol. The third kappa shape index (κ3) is 6.39. The normalized spacial score (nSPS) is 15.0. The molecule has 186 valence electrons. The van der Waals surface area contributed by atoms with E-state index in [9.17, 15) is 18.0 Å². The lowest BCUT2D eigenvalue weighted by atomic mass is 9.90. The van der Waals surface area contributed by atoms with Crippen LogP contribution in [0.4, 0.5) is 13.2 Å². The number of carbonyl (C=O) groups is 1. The summed E-state index contributed by atoms with van der Waals surface area (Å²) >= 11 is 0. The molecule has 35 heavy (non-hydrogen) atoms. The summed E-state index contributed by atoms with van der Waals surface area (Å²) in [6, 6.07) is 10.8. The number of nitrogens with zero attached hydrogens (tertiary/aromatic N) is 4. The van der Waals surface area contributed by atoms with Gasteiger partial charge in [0.25, 0.3) is 5.91 Å². The zero-order valence-corrected chi connectivity index (χ0v) is 19.6. The summed E-state index contributed by atoms with van der Waals surface area (Å²) in [5, 5.41) is 0.970. The van der Waals surface area contributed by atoms with Gasteiger partial charge in [0.1, 0.15) is 24.4 Å². The molecule has 1 fully saturated rings. The number of likely N-dealkylation sites (tertiary alicyclic amines) is 1. The quantitative estimate of drug-likeness (QED) is 0.488. The lowest BCUT2D eigenvalue weighted by Gasteiger charge is -2.32. The van der Waals surface area contributed by atoms with Crippen molar-refractivity contribution >= 4 is 16.8 Å².